The minimum atomic E-state index is -1.35. The number of nitrogens with zero attached hydrogens (tertiary/aromatic N) is 2. The molecule has 2 aromatic rings. The lowest BCUT2D eigenvalue weighted by atomic mass is 9.86. The Morgan fingerprint density at radius 1 is 1.10 bits per heavy atom. The lowest BCUT2D eigenvalue weighted by Crippen LogP contribution is -2.53. The van der Waals surface area contributed by atoms with Gasteiger partial charge in [0.15, 0.2) is 0 Å². The monoisotopic (exact) mass is 427 g/mol. The predicted octanol–water partition coefficient (Wildman–Crippen LogP) is 2.98. The van der Waals surface area contributed by atoms with Gasteiger partial charge in [0, 0.05) is 11.6 Å². The smallest absolute Gasteiger partial charge is 0.275 e. The minimum Gasteiger partial charge on any atom is -0.392 e. The van der Waals surface area contributed by atoms with E-state index in [-0.39, 0.29) is 17.9 Å². The van der Waals surface area contributed by atoms with E-state index >= 15 is 0 Å². The van der Waals surface area contributed by atoms with Gasteiger partial charge in [-0.3, -0.25) is 19.5 Å². The quantitative estimate of drug-likeness (QED) is 0.768. The van der Waals surface area contributed by atoms with Crippen molar-refractivity contribution in [3.8, 4) is 0 Å². The van der Waals surface area contributed by atoms with Gasteiger partial charge in [-0.2, -0.15) is 0 Å². The number of benzene rings is 2. The summed E-state index contributed by atoms with van der Waals surface area (Å²) in [6.45, 7) is -0.133. The molecule has 1 heterocycles. The normalized spacial score (nSPS) is 18.9. The number of halogens is 2. The fraction of sp³-hybridized carbons (Fsp3) is 0.348. The number of hydrogen-bond acceptors (Lipinski definition) is 4. The van der Waals surface area contributed by atoms with Crippen LogP contribution in [0, 0.1) is 11.6 Å². The van der Waals surface area contributed by atoms with E-state index in [1.807, 2.05) is 0 Å². The van der Waals surface area contributed by atoms with Gasteiger partial charge in [-0.25, -0.2) is 8.78 Å². The number of primary amides is 1. The standard InChI is InChI=1S/C23H23F2N3O3/c24-17-10-16(11-18(25)12-17)20(21(26)30)28-22(31)19(15-6-4-14(13-29)5-7-15)27-23(28)8-2-1-3-9-23/h4-7,10-12,20,29H,1-3,8-9,13H2,(H2,26,30). The third kappa shape index (κ3) is 3.83. The summed E-state index contributed by atoms with van der Waals surface area (Å²) in [5.74, 6) is -3.10. The molecule has 3 N–H and O–H groups in total. The van der Waals surface area contributed by atoms with Crippen molar-refractivity contribution in [3.05, 3.63) is 70.8 Å². The molecule has 0 radical (unpaired) electrons. The summed E-state index contributed by atoms with van der Waals surface area (Å²) in [6, 6.07) is 8.14. The summed E-state index contributed by atoms with van der Waals surface area (Å²) in [7, 11) is 0. The molecule has 31 heavy (non-hydrogen) atoms. The molecule has 0 saturated heterocycles. The molecule has 0 bridgehead atoms. The largest absolute Gasteiger partial charge is 0.392 e. The van der Waals surface area contributed by atoms with Crippen LogP contribution in [0.3, 0.4) is 0 Å². The molecule has 0 aromatic heterocycles. The van der Waals surface area contributed by atoms with Crippen LogP contribution >= 0.6 is 0 Å². The number of aliphatic imine (C=N–C) groups is 1. The number of amides is 2. The molecular weight excluding hydrogens is 404 g/mol. The Balaban J connectivity index is 1.82. The van der Waals surface area contributed by atoms with Crippen LogP contribution in [-0.2, 0) is 16.2 Å². The molecule has 1 atom stereocenters. The fourth-order valence-corrected chi connectivity index (χ4v) is 4.57. The first-order valence-electron chi connectivity index (χ1n) is 10.2. The highest BCUT2D eigenvalue weighted by Crippen LogP contribution is 2.44. The number of aliphatic hydroxyl groups excluding tert-OH is 1. The molecule has 6 nitrogen and oxygen atoms in total. The first-order valence-corrected chi connectivity index (χ1v) is 10.2. The first-order chi connectivity index (χ1) is 14.8. The van der Waals surface area contributed by atoms with Crippen LogP contribution in [0.5, 0.6) is 0 Å². The number of carbonyl (C=O) groups is 2. The van der Waals surface area contributed by atoms with Crippen LogP contribution < -0.4 is 5.73 Å². The van der Waals surface area contributed by atoms with Crippen molar-refractivity contribution in [2.24, 2.45) is 10.7 Å². The van der Waals surface area contributed by atoms with Gasteiger partial charge >= 0.3 is 0 Å². The highest BCUT2D eigenvalue weighted by molar-refractivity contribution is 6.47. The molecule has 4 rings (SSSR count). The molecule has 2 amide bonds. The van der Waals surface area contributed by atoms with Gasteiger partial charge in [0.1, 0.15) is 29.1 Å². The summed E-state index contributed by atoms with van der Waals surface area (Å²) in [6.07, 6.45) is 3.62. The minimum absolute atomic E-state index is 0.0182. The maximum absolute atomic E-state index is 13.9. The summed E-state index contributed by atoms with van der Waals surface area (Å²) in [5.41, 5.74) is 6.06. The van der Waals surface area contributed by atoms with Crippen LogP contribution in [0.2, 0.25) is 0 Å². The Morgan fingerprint density at radius 3 is 2.26 bits per heavy atom. The van der Waals surface area contributed by atoms with Gasteiger partial charge in [0.25, 0.3) is 5.91 Å². The Bertz CT molecular complexity index is 1030. The van der Waals surface area contributed by atoms with E-state index in [4.69, 9.17) is 10.7 Å². The number of carbonyl (C=O) groups excluding carboxylic acids is 2. The molecule has 2 aromatic carbocycles. The average molecular weight is 427 g/mol. The van der Waals surface area contributed by atoms with E-state index in [9.17, 15) is 23.5 Å². The highest BCUT2D eigenvalue weighted by atomic mass is 19.1. The van der Waals surface area contributed by atoms with Crippen molar-refractivity contribution < 1.29 is 23.5 Å². The summed E-state index contributed by atoms with van der Waals surface area (Å²) in [4.78, 5) is 32.2. The second kappa shape index (κ2) is 8.19. The van der Waals surface area contributed by atoms with Gasteiger partial charge < -0.3 is 10.8 Å². The second-order valence-electron chi connectivity index (χ2n) is 8.04. The van der Waals surface area contributed by atoms with Gasteiger partial charge in [0.05, 0.1) is 6.61 Å². The molecule has 1 fully saturated rings. The Labute approximate surface area is 178 Å². The number of hydrogen-bond donors (Lipinski definition) is 2. The lowest BCUT2D eigenvalue weighted by Gasteiger charge is -2.42. The van der Waals surface area contributed by atoms with Gasteiger partial charge in [-0.05, 0) is 48.9 Å². The molecule has 1 unspecified atom stereocenters. The fourth-order valence-electron chi connectivity index (χ4n) is 4.57. The maximum Gasteiger partial charge on any atom is 0.275 e. The van der Waals surface area contributed by atoms with Gasteiger partial charge in [0.2, 0.25) is 5.91 Å². The molecule has 162 valence electrons. The van der Waals surface area contributed by atoms with E-state index in [1.54, 1.807) is 24.3 Å². The van der Waals surface area contributed by atoms with E-state index in [2.05, 4.69) is 0 Å². The summed E-state index contributed by atoms with van der Waals surface area (Å²) >= 11 is 0. The molecule has 1 aliphatic carbocycles. The molecule has 2 aliphatic rings. The van der Waals surface area contributed by atoms with E-state index < -0.39 is 35.2 Å². The average Bonchev–Trinajstić information content (AvgIpc) is 3.00. The van der Waals surface area contributed by atoms with Crippen molar-refractivity contribution in [2.75, 3.05) is 0 Å². The van der Waals surface area contributed by atoms with E-state index in [1.165, 1.54) is 4.90 Å². The third-order valence-corrected chi connectivity index (χ3v) is 5.98. The van der Waals surface area contributed by atoms with Crippen molar-refractivity contribution in [2.45, 2.75) is 50.4 Å². The molecule has 8 heteroatoms. The van der Waals surface area contributed by atoms with Gasteiger partial charge in [-0.15, -0.1) is 0 Å². The van der Waals surface area contributed by atoms with Crippen LogP contribution in [0.25, 0.3) is 0 Å². The zero-order valence-electron chi connectivity index (χ0n) is 16.9. The topological polar surface area (TPSA) is 96.0 Å². The zero-order valence-corrected chi connectivity index (χ0v) is 16.9. The van der Waals surface area contributed by atoms with Crippen molar-refractivity contribution in [1.82, 2.24) is 4.90 Å². The molecule has 1 spiro atoms. The maximum atomic E-state index is 13.9. The van der Waals surface area contributed by atoms with Crippen molar-refractivity contribution >= 4 is 17.5 Å². The lowest BCUT2D eigenvalue weighted by molar-refractivity contribution is -0.141. The SMILES string of the molecule is NC(=O)C(c1cc(F)cc(F)c1)N1C(=O)C(c2ccc(CO)cc2)=NC12CCCCC2. The molecular formula is C23H23F2N3O3. The first kappa shape index (κ1) is 21.1. The third-order valence-electron chi connectivity index (χ3n) is 5.98. The summed E-state index contributed by atoms with van der Waals surface area (Å²) < 4.78 is 27.9. The Morgan fingerprint density at radius 2 is 1.71 bits per heavy atom. The van der Waals surface area contributed by atoms with Gasteiger partial charge in [-0.1, -0.05) is 30.7 Å². The van der Waals surface area contributed by atoms with Crippen LogP contribution in [0.1, 0.15) is 54.8 Å². The van der Waals surface area contributed by atoms with Crippen molar-refractivity contribution in [3.63, 3.8) is 0 Å². The Kier molecular flexibility index (Phi) is 5.58. The highest BCUT2D eigenvalue weighted by Gasteiger charge is 2.52. The second-order valence-corrected chi connectivity index (χ2v) is 8.04. The van der Waals surface area contributed by atoms with Crippen LogP contribution in [-0.4, -0.2) is 33.2 Å². The van der Waals surface area contributed by atoms with Crippen LogP contribution in [0.15, 0.2) is 47.5 Å². The van der Waals surface area contributed by atoms with E-state index in [0.29, 0.717) is 30.0 Å². The number of nitrogens with two attached hydrogens (primary N) is 1. The van der Waals surface area contributed by atoms with Crippen LogP contribution in [0.4, 0.5) is 8.78 Å². The Hall–Kier alpha value is -3.13. The zero-order chi connectivity index (χ0) is 22.2. The van der Waals surface area contributed by atoms with Crippen molar-refractivity contribution in [1.29, 1.82) is 0 Å². The molecule has 1 saturated carbocycles. The number of aliphatic hydroxyl groups is 1. The number of rotatable bonds is 5. The molecule has 1 aliphatic heterocycles. The predicted molar refractivity (Wildman–Crippen MR) is 110 cm³/mol. The summed E-state index contributed by atoms with van der Waals surface area (Å²) in [5, 5.41) is 9.27. The van der Waals surface area contributed by atoms with E-state index in [0.717, 1.165) is 31.4 Å².